The van der Waals surface area contributed by atoms with Gasteiger partial charge in [0.2, 0.25) is 0 Å². The number of benzene rings is 1. The van der Waals surface area contributed by atoms with Crippen LogP contribution in [-0.4, -0.2) is 38.1 Å². The summed E-state index contributed by atoms with van der Waals surface area (Å²) in [6, 6.07) is 7.14. The summed E-state index contributed by atoms with van der Waals surface area (Å²) in [4.78, 5) is 10.7. The van der Waals surface area contributed by atoms with Gasteiger partial charge in [-0.25, -0.2) is 0 Å². The standard InChI is InChI=1S/C13H19N3O3S/c1-2-14-7-11-3-5-12(6-4-11)8-16-9-13(10-17)15-20(16,18)19/h3-6,10,13-15H,2,7-9H2,1H3. The highest BCUT2D eigenvalue weighted by molar-refractivity contribution is 7.87. The van der Waals surface area contributed by atoms with Gasteiger partial charge in [0.05, 0.1) is 6.04 Å². The van der Waals surface area contributed by atoms with E-state index in [-0.39, 0.29) is 13.1 Å². The lowest BCUT2D eigenvalue weighted by molar-refractivity contribution is -0.109. The Hall–Kier alpha value is -1.28. The lowest BCUT2D eigenvalue weighted by atomic mass is 10.1. The third-order valence-corrected chi connectivity index (χ3v) is 4.72. The molecule has 1 fully saturated rings. The van der Waals surface area contributed by atoms with E-state index >= 15 is 0 Å². The average molecular weight is 297 g/mol. The van der Waals surface area contributed by atoms with E-state index in [1.165, 1.54) is 4.31 Å². The minimum absolute atomic E-state index is 0.185. The van der Waals surface area contributed by atoms with E-state index in [1.807, 2.05) is 31.2 Å². The third kappa shape index (κ3) is 3.63. The van der Waals surface area contributed by atoms with Gasteiger partial charge in [0.15, 0.2) is 0 Å². The summed E-state index contributed by atoms with van der Waals surface area (Å²) in [6.07, 6.45) is 0.622. The molecule has 0 bridgehead atoms. The summed E-state index contributed by atoms with van der Waals surface area (Å²) in [7, 11) is -3.53. The maximum Gasteiger partial charge on any atom is 0.280 e. The molecule has 1 aliphatic rings. The summed E-state index contributed by atoms with van der Waals surface area (Å²) in [5, 5.41) is 3.23. The van der Waals surface area contributed by atoms with Gasteiger partial charge in [-0.2, -0.15) is 17.4 Å². The fraction of sp³-hybridized carbons (Fsp3) is 0.462. The van der Waals surface area contributed by atoms with Gasteiger partial charge < -0.3 is 10.1 Å². The molecule has 7 heteroatoms. The van der Waals surface area contributed by atoms with Gasteiger partial charge in [-0.3, -0.25) is 0 Å². The summed E-state index contributed by atoms with van der Waals surface area (Å²) in [5.74, 6) is 0. The summed E-state index contributed by atoms with van der Waals surface area (Å²) in [6.45, 7) is 4.22. The second-order valence-electron chi connectivity index (χ2n) is 4.75. The van der Waals surface area contributed by atoms with Gasteiger partial charge in [-0.05, 0) is 17.7 Å². The quantitative estimate of drug-likeness (QED) is 0.725. The van der Waals surface area contributed by atoms with E-state index in [0.29, 0.717) is 6.29 Å². The minimum Gasteiger partial charge on any atom is -0.313 e. The molecule has 1 unspecified atom stereocenters. The van der Waals surface area contributed by atoms with Crippen molar-refractivity contribution in [3.63, 3.8) is 0 Å². The van der Waals surface area contributed by atoms with Crippen LogP contribution in [0.15, 0.2) is 24.3 Å². The van der Waals surface area contributed by atoms with Crippen molar-refractivity contribution in [2.75, 3.05) is 13.1 Å². The first kappa shape index (κ1) is 15.1. The Morgan fingerprint density at radius 1 is 1.35 bits per heavy atom. The van der Waals surface area contributed by atoms with Crippen molar-refractivity contribution in [3.05, 3.63) is 35.4 Å². The van der Waals surface area contributed by atoms with Gasteiger partial charge in [0.1, 0.15) is 6.29 Å². The smallest absolute Gasteiger partial charge is 0.280 e. The van der Waals surface area contributed by atoms with Crippen LogP contribution in [0.1, 0.15) is 18.1 Å². The molecule has 1 heterocycles. The van der Waals surface area contributed by atoms with Crippen LogP contribution in [0.3, 0.4) is 0 Å². The number of rotatable bonds is 6. The topological polar surface area (TPSA) is 78.5 Å². The second kappa shape index (κ2) is 6.45. The number of nitrogens with zero attached hydrogens (tertiary/aromatic N) is 1. The zero-order valence-corrected chi connectivity index (χ0v) is 12.2. The first-order valence-electron chi connectivity index (χ1n) is 6.56. The normalized spacial score (nSPS) is 21.9. The van der Waals surface area contributed by atoms with Crippen LogP contribution >= 0.6 is 0 Å². The lowest BCUT2D eigenvalue weighted by Gasteiger charge is -2.13. The fourth-order valence-corrected chi connectivity index (χ4v) is 3.41. The van der Waals surface area contributed by atoms with Crippen LogP contribution < -0.4 is 10.0 Å². The van der Waals surface area contributed by atoms with Crippen molar-refractivity contribution in [2.45, 2.75) is 26.1 Å². The number of carbonyl (C=O) groups is 1. The predicted octanol–water partition coefficient (Wildman–Crippen LogP) is 0.0136. The molecular formula is C13H19N3O3S. The van der Waals surface area contributed by atoms with Crippen molar-refractivity contribution in [1.82, 2.24) is 14.3 Å². The minimum atomic E-state index is -3.53. The van der Waals surface area contributed by atoms with Crippen LogP contribution in [0.4, 0.5) is 0 Å². The van der Waals surface area contributed by atoms with Crippen molar-refractivity contribution in [1.29, 1.82) is 0 Å². The van der Waals surface area contributed by atoms with E-state index in [0.717, 1.165) is 24.2 Å². The van der Waals surface area contributed by atoms with Crippen molar-refractivity contribution in [3.8, 4) is 0 Å². The molecule has 110 valence electrons. The maximum absolute atomic E-state index is 11.8. The molecule has 1 saturated heterocycles. The molecule has 2 rings (SSSR count). The Kier molecular flexibility index (Phi) is 4.87. The fourth-order valence-electron chi connectivity index (χ4n) is 2.08. The maximum atomic E-state index is 11.8. The van der Waals surface area contributed by atoms with Crippen LogP contribution in [0, 0.1) is 0 Å². The van der Waals surface area contributed by atoms with Gasteiger partial charge in [-0.1, -0.05) is 31.2 Å². The van der Waals surface area contributed by atoms with Crippen LogP contribution in [0.2, 0.25) is 0 Å². The van der Waals surface area contributed by atoms with Gasteiger partial charge in [0, 0.05) is 19.6 Å². The number of hydrogen-bond donors (Lipinski definition) is 2. The van der Waals surface area contributed by atoms with Gasteiger partial charge >= 0.3 is 0 Å². The Balaban J connectivity index is 2.01. The molecule has 20 heavy (non-hydrogen) atoms. The summed E-state index contributed by atoms with van der Waals surface area (Å²) in [5.41, 5.74) is 2.06. The zero-order valence-electron chi connectivity index (χ0n) is 11.4. The molecule has 0 spiro atoms. The van der Waals surface area contributed by atoms with Crippen molar-refractivity contribution in [2.24, 2.45) is 0 Å². The monoisotopic (exact) mass is 297 g/mol. The Morgan fingerprint density at radius 3 is 2.55 bits per heavy atom. The highest BCUT2D eigenvalue weighted by Gasteiger charge is 2.34. The summed E-state index contributed by atoms with van der Waals surface area (Å²) < 4.78 is 27.2. The zero-order chi connectivity index (χ0) is 14.6. The van der Waals surface area contributed by atoms with Crippen LogP contribution in [-0.2, 0) is 28.1 Å². The largest absolute Gasteiger partial charge is 0.313 e. The van der Waals surface area contributed by atoms with E-state index in [9.17, 15) is 13.2 Å². The molecule has 0 saturated carbocycles. The number of carbonyl (C=O) groups excluding carboxylic acids is 1. The molecule has 0 aromatic heterocycles. The number of hydrogen-bond acceptors (Lipinski definition) is 4. The molecule has 1 aromatic rings. The van der Waals surface area contributed by atoms with E-state index in [1.54, 1.807) is 0 Å². The lowest BCUT2D eigenvalue weighted by Crippen LogP contribution is -2.30. The third-order valence-electron chi connectivity index (χ3n) is 3.17. The Labute approximate surface area is 119 Å². The summed E-state index contributed by atoms with van der Waals surface area (Å²) >= 11 is 0. The van der Waals surface area contributed by atoms with Gasteiger partial charge in [0.25, 0.3) is 10.2 Å². The number of aldehydes is 1. The Morgan fingerprint density at radius 2 is 2.00 bits per heavy atom. The van der Waals surface area contributed by atoms with Crippen molar-refractivity contribution < 1.29 is 13.2 Å². The molecule has 1 atom stereocenters. The first-order valence-corrected chi connectivity index (χ1v) is 8.00. The number of nitrogens with one attached hydrogen (secondary N) is 2. The average Bonchev–Trinajstić information content (AvgIpc) is 2.73. The van der Waals surface area contributed by atoms with E-state index < -0.39 is 16.3 Å². The molecule has 0 aliphatic carbocycles. The predicted molar refractivity (Wildman–Crippen MR) is 76.1 cm³/mol. The van der Waals surface area contributed by atoms with Crippen LogP contribution in [0.25, 0.3) is 0 Å². The Bertz CT molecular complexity index is 557. The molecule has 1 aromatic carbocycles. The molecule has 1 aliphatic heterocycles. The first-order chi connectivity index (χ1) is 9.55. The van der Waals surface area contributed by atoms with E-state index in [4.69, 9.17) is 0 Å². The van der Waals surface area contributed by atoms with Crippen molar-refractivity contribution >= 4 is 16.5 Å². The van der Waals surface area contributed by atoms with Crippen LogP contribution in [0.5, 0.6) is 0 Å². The molecule has 0 radical (unpaired) electrons. The molecule has 0 amide bonds. The second-order valence-corrected chi connectivity index (χ2v) is 6.46. The van der Waals surface area contributed by atoms with Gasteiger partial charge in [-0.15, -0.1) is 0 Å². The molecule has 6 nitrogen and oxygen atoms in total. The highest BCUT2D eigenvalue weighted by Crippen LogP contribution is 2.15. The molecule has 2 N–H and O–H groups in total. The molecular weight excluding hydrogens is 278 g/mol. The SMILES string of the molecule is CCNCc1ccc(CN2CC(C=O)NS2(=O)=O)cc1. The highest BCUT2D eigenvalue weighted by atomic mass is 32.2. The van der Waals surface area contributed by atoms with E-state index in [2.05, 4.69) is 10.0 Å².